The highest BCUT2D eigenvalue weighted by atomic mass is 32.1. The van der Waals surface area contributed by atoms with Crippen molar-refractivity contribution in [3.63, 3.8) is 0 Å². The van der Waals surface area contributed by atoms with Gasteiger partial charge in [0.2, 0.25) is 0 Å². The average Bonchev–Trinajstić information content (AvgIpc) is 3.00. The van der Waals surface area contributed by atoms with Gasteiger partial charge >= 0.3 is 0 Å². The smallest absolute Gasteiger partial charge is 0.262 e. The van der Waals surface area contributed by atoms with E-state index in [2.05, 4.69) is 26.9 Å². The molecule has 0 fully saturated rings. The molecule has 1 heterocycles. The maximum Gasteiger partial charge on any atom is 0.262 e. The van der Waals surface area contributed by atoms with Crippen LogP contribution in [0.25, 0.3) is 10.2 Å². The summed E-state index contributed by atoms with van der Waals surface area (Å²) in [4.78, 5) is 16.7. The Labute approximate surface area is 150 Å². The number of hydrazone groups is 1. The van der Waals surface area contributed by atoms with Crippen molar-refractivity contribution >= 4 is 38.8 Å². The lowest BCUT2D eigenvalue weighted by Gasteiger charge is -2.10. The molecule has 2 aromatic carbocycles. The minimum Gasteiger partial charge on any atom is -0.350 e. The van der Waals surface area contributed by atoms with E-state index in [0.29, 0.717) is 0 Å². The van der Waals surface area contributed by atoms with Gasteiger partial charge in [-0.1, -0.05) is 47.2 Å². The summed E-state index contributed by atoms with van der Waals surface area (Å²) in [6.07, 6.45) is 1.67. The minimum absolute atomic E-state index is 0.208. The fourth-order valence-corrected chi connectivity index (χ4v) is 3.30. The number of rotatable bonds is 5. The third-order valence-electron chi connectivity index (χ3n) is 3.84. The summed E-state index contributed by atoms with van der Waals surface area (Å²) in [5.41, 5.74) is 6.77. The van der Waals surface area contributed by atoms with Crippen LogP contribution in [-0.2, 0) is 4.79 Å². The van der Waals surface area contributed by atoms with E-state index < -0.39 is 6.04 Å². The third kappa shape index (κ3) is 4.22. The van der Waals surface area contributed by atoms with Gasteiger partial charge in [0.05, 0.1) is 16.4 Å². The summed E-state index contributed by atoms with van der Waals surface area (Å²) >= 11 is 1.53. The lowest BCUT2D eigenvalue weighted by molar-refractivity contribution is -0.121. The number of nitrogens with zero attached hydrogens (tertiary/aromatic N) is 2. The zero-order valence-electron chi connectivity index (χ0n) is 14.4. The van der Waals surface area contributed by atoms with Crippen molar-refractivity contribution in [2.45, 2.75) is 26.8 Å². The normalized spacial score (nSPS) is 12.4. The van der Waals surface area contributed by atoms with Crippen molar-refractivity contribution in [3.8, 4) is 0 Å². The molecule has 0 bridgehead atoms. The van der Waals surface area contributed by atoms with Crippen LogP contribution < -0.4 is 10.7 Å². The summed E-state index contributed by atoms with van der Waals surface area (Å²) in [5, 5.41) is 7.91. The third-order valence-corrected chi connectivity index (χ3v) is 4.81. The number of hydrogen-bond donors (Lipinski definition) is 2. The summed E-state index contributed by atoms with van der Waals surface area (Å²) in [7, 11) is 0. The number of thiazole rings is 1. The molecule has 1 amide bonds. The molecule has 128 valence electrons. The number of benzene rings is 2. The zero-order chi connectivity index (χ0) is 17.8. The maximum atomic E-state index is 12.2. The molecule has 1 atom stereocenters. The number of aryl methyl sites for hydroxylation is 2. The number of aromatic nitrogens is 1. The van der Waals surface area contributed by atoms with E-state index in [1.807, 2.05) is 50.2 Å². The largest absolute Gasteiger partial charge is 0.350 e. The molecule has 0 radical (unpaired) electrons. The van der Waals surface area contributed by atoms with E-state index in [1.165, 1.54) is 11.3 Å². The van der Waals surface area contributed by atoms with E-state index in [0.717, 1.165) is 32.0 Å². The highest BCUT2D eigenvalue weighted by molar-refractivity contribution is 7.22. The van der Waals surface area contributed by atoms with Gasteiger partial charge in [-0.3, -0.25) is 4.79 Å². The maximum absolute atomic E-state index is 12.2. The molecule has 0 saturated heterocycles. The van der Waals surface area contributed by atoms with Crippen LogP contribution in [0.4, 0.5) is 5.13 Å². The SMILES string of the molecule is Cc1ccc(C)c(/C=N\NC(=O)[C@H](C)Nc2nc3ccccc3s2)c1. The molecule has 1 aromatic heterocycles. The predicted octanol–water partition coefficient (Wildman–Crippen LogP) is 3.86. The number of hydrogen-bond acceptors (Lipinski definition) is 5. The average molecular weight is 352 g/mol. The molecule has 25 heavy (non-hydrogen) atoms. The number of carbonyl (C=O) groups excluding carboxylic acids is 1. The van der Waals surface area contributed by atoms with Crippen molar-refractivity contribution in [1.82, 2.24) is 10.4 Å². The monoisotopic (exact) mass is 352 g/mol. The number of fused-ring (bicyclic) bond motifs is 1. The lowest BCUT2D eigenvalue weighted by Crippen LogP contribution is -2.34. The number of carbonyl (C=O) groups is 1. The standard InChI is InChI=1S/C19H20N4OS/c1-12-8-9-13(2)15(10-12)11-20-23-18(24)14(3)21-19-22-16-6-4-5-7-17(16)25-19/h4-11,14H,1-3H3,(H,21,22)(H,23,24)/b20-11-/t14-/m0/s1. The van der Waals surface area contributed by atoms with Gasteiger partial charge in [-0.2, -0.15) is 5.10 Å². The lowest BCUT2D eigenvalue weighted by atomic mass is 10.1. The van der Waals surface area contributed by atoms with Gasteiger partial charge in [0.1, 0.15) is 6.04 Å². The quantitative estimate of drug-likeness (QED) is 0.541. The first-order chi connectivity index (χ1) is 12.0. The Hall–Kier alpha value is -2.73. The first-order valence-electron chi connectivity index (χ1n) is 8.05. The zero-order valence-corrected chi connectivity index (χ0v) is 15.2. The van der Waals surface area contributed by atoms with E-state index in [-0.39, 0.29) is 5.91 Å². The van der Waals surface area contributed by atoms with Crippen LogP contribution >= 0.6 is 11.3 Å². The Kier molecular flexibility index (Phi) is 5.09. The molecule has 2 N–H and O–H groups in total. The molecular formula is C19H20N4OS. The van der Waals surface area contributed by atoms with Crippen molar-refractivity contribution in [3.05, 3.63) is 59.2 Å². The molecule has 5 nitrogen and oxygen atoms in total. The van der Waals surface area contributed by atoms with E-state index in [9.17, 15) is 4.79 Å². The second-order valence-electron chi connectivity index (χ2n) is 5.95. The van der Waals surface area contributed by atoms with Gasteiger partial charge in [-0.05, 0) is 44.0 Å². The van der Waals surface area contributed by atoms with E-state index in [1.54, 1.807) is 13.1 Å². The summed E-state index contributed by atoms with van der Waals surface area (Å²) < 4.78 is 1.09. The van der Waals surface area contributed by atoms with E-state index >= 15 is 0 Å². The summed E-state index contributed by atoms with van der Waals surface area (Å²) in [5.74, 6) is -0.208. The summed E-state index contributed by atoms with van der Waals surface area (Å²) in [6.45, 7) is 5.83. The molecule has 3 rings (SSSR count). The fraction of sp³-hybridized carbons (Fsp3) is 0.211. The van der Waals surface area contributed by atoms with Gasteiger partial charge in [0.15, 0.2) is 5.13 Å². The highest BCUT2D eigenvalue weighted by Gasteiger charge is 2.14. The fourth-order valence-electron chi connectivity index (χ4n) is 2.35. The second kappa shape index (κ2) is 7.44. The Morgan fingerprint density at radius 1 is 1.24 bits per heavy atom. The van der Waals surface area contributed by atoms with Crippen LogP contribution in [0.1, 0.15) is 23.6 Å². The molecule has 0 aliphatic carbocycles. The van der Waals surface area contributed by atoms with Crippen molar-refractivity contribution in [1.29, 1.82) is 0 Å². The Balaban J connectivity index is 1.60. The van der Waals surface area contributed by atoms with Crippen molar-refractivity contribution in [2.75, 3.05) is 5.32 Å². The Morgan fingerprint density at radius 2 is 2.04 bits per heavy atom. The number of anilines is 1. The first kappa shape index (κ1) is 17.1. The second-order valence-corrected chi connectivity index (χ2v) is 6.98. The van der Waals surface area contributed by atoms with E-state index in [4.69, 9.17) is 0 Å². The molecule has 0 saturated carbocycles. The molecule has 6 heteroatoms. The van der Waals surface area contributed by atoms with Crippen molar-refractivity contribution < 1.29 is 4.79 Å². The van der Waals surface area contributed by atoms with Gasteiger partial charge in [0.25, 0.3) is 5.91 Å². The Bertz CT molecular complexity index is 899. The van der Waals surface area contributed by atoms with Gasteiger partial charge in [0, 0.05) is 0 Å². The topological polar surface area (TPSA) is 66.4 Å². The number of para-hydroxylation sites is 1. The molecule has 3 aromatic rings. The highest BCUT2D eigenvalue weighted by Crippen LogP contribution is 2.25. The molecule has 0 unspecified atom stereocenters. The van der Waals surface area contributed by atoms with Gasteiger partial charge < -0.3 is 5.32 Å². The van der Waals surface area contributed by atoms with Gasteiger partial charge in [-0.15, -0.1) is 0 Å². The Morgan fingerprint density at radius 3 is 2.84 bits per heavy atom. The molecule has 0 aliphatic rings. The van der Waals surface area contributed by atoms with Crippen LogP contribution in [0.15, 0.2) is 47.6 Å². The molecule has 0 spiro atoms. The number of amides is 1. The van der Waals surface area contributed by atoms with Crippen LogP contribution in [0.2, 0.25) is 0 Å². The van der Waals surface area contributed by atoms with Crippen LogP contribution in [-0.4, -0.2) is 23.1 Å². The van der Waals surface area contributed by atoms with Gasteiger partial charge in [-0.25, -0.2) is 10.4 Å². The molecule has 0 aliphatic heterocycles. The minimum atomic E-state index is -0.434. The van der Waals surface area contributed by atoms with Crippen molar-refractivity contribution in [2.24, 2.45) is 5.10 Å². The summed E-state index contributed by atoms with van der Waals surface area (Å²) in [6, 6.07) is 13.6. The predicted molar refractivity (Wildman–Crippen MR) is 104 cm³/mol. The molecular weight excluding hydrogens is 332 g/mol. The first-order valence-corrected chi connectivity index (χ1v) is 8.87. The van der Waals surface area contributed by atoms with Crippen LogP contribution in [0.5, 0.6) is 0 Å². The number of nitrogens with one attached hydrogen (secondary N) is 2. The van der Waals surface area contributed by atoms with Crippen LogP contribution in [0.3, 0.4) is 0 Å². The van der Waals surface area contributed by atoms with Crippen LogP contribution in [0, 0.1) is 13.8 Å².